The molecule has 0 bridgehead atoms. The maximum Gasteiger partial charge on any atom is 0.151 e. The van der Waals surface area contributed by atoms with Crippen molar-refractivity contribution in [2.24, 2.45) is 7.05 Å². The van der Waals surface area contributed by atoms with Crippen LogP contribution in [-0.4, -0.2) is 19.3 Å². The Labute approximate surface area is 237 Å². The quantitative estimate of drug-likeness (QED) is 0.194. The van der Waals surface area contributed by atoms with Crippen LogP contribution in [0.1, 0.15) is 17.0 Å². The number of halogens is 1. The number of aryl methyl sites for hydroxylation is 1. The molecule has 0 aliphatic rings. The average Bonchev–Trinajstić information content (AvgIpc) is 3.57. The predicted octanol–water partition coefficient (Wildman–Crippen LogP) is 7.72. The second-order valence-electron chi connectivity index (χ2n) is 9.31. The van der Waals surface area contributed by atoms with Gasteiger partial charge in [-0.05, 0) is 60.2 Å². The molecular weight excluding hydrogens is 518 g/mol. The number of rotatable bonds is 7. The maximum atomic E-state index is 10.2. The number of hydrogen-bond acceptors (Lipinski definition) is 4. The van der Waals surface area contributed by atoms with Crippen LogP contribution in [0, 0.1) is 11.3 Å². The van der Waals surface area contributed by atoms with E-state index in [-0.39, 0.29) is 0 Å². The van der Waals surface area contributed by atoms with Gasteiger partial charge in [0, 0.05) is 29.4 Å². The number of nitrogens with zero attached hydrogens (tertiary/aromatic N) is 5. The number of allylic oxidation sites excluding steroid dienone is 1. The summed E-state index contributed by atoms with van der Waals surface area (Å²) in [5.41, 5.74) is 6.58. The summed E-state index contributed by atoms with van der Waals surface area (Å²) in [4.78, 5) is 4.74. The van der Waals surface area contributed by atoms with Gasteiger partial charge >= 0.3 is 0 Å². The third-order valence-corrected chi connectivity index (χ3v) is 6.89. The first-order valence-electron chi connectivity index (χ1n) is 12.8. The smallest absolute Gasteiger partial charge is 0.151 e. The molecular formula is C33H24ClN5O. The van der Waals surface area contributed by atoms with Crippen molar-refractivity contribution in [1.29, 1.82) is 5.26 Å². The molecule has 0 atom stereocenters. The Morgan fingerprint density at radius 3 is 2.50 bits per heavy atom. The lowest BCUT2D eigenvalue weighted by Gasteiger charge is -2.08. The van der Waals surface area contributed by atoms with E-state index in [0.29, 0.717) is 28.8 Å². The Bertz CT molecular complexity index is 1880. The van der Waals surface area contributed by atoms with Gasteiger partial charge < -0.3 is 9.30 Å². The summed E-state index contributed by atoms with van der Waals surface area (Å²) in [5, 5.41) is 15.8. The highest BCUT2D eigenvalue weighted by molar-refractivity contribution is 6.30. The van der Waals surface area contributed by atoms with E-state index in [4.69, 9.17) is 26.4 Å². The highest BCUT2D eigenvalue weighted by Crippen LogP contribution is 2.31. The molecule has 0 fully saturated rings. The van der Waals surface area contributed by atoms with Gasteiger partial charge in [-0.1, -0.05) is 66.2 Å². The molecule has 7 heteroatoms. The summed E-state index contributed by atoms with van der Waals surface area (Å²) in [5.74, 6) is 1.31. The van der Waals surface area contributed by atoms with Crippen LogP contribution in [0.4, 0.5) is 0 Å². The number of hydrogen-bond donors (Lipinski definition) is 0. The second-order valence-corrected chi connectivity index (χ2v) is 9.75. The topological polar surface area (TPSA) is 68.7 Å². The van der Waals surface area contributed by atoms with Crippen molar-refractivity contribution < 1.29 is 4.74 Å². The first-order chi connectivity index (χ1) is 19.6. The van der Waals surface area contributed by atoms with Crippen molar-refractivity contribution >= 4 is 34.3 Å². The molecule has 6 rings (SSSR count). The number of fused-ring (bicyclic) bond motifs is 1. The van der Waals surface area contributed by atoms with Gasteiger partial charge in [0.1, 0.15) is 24.1 Å². The van der Waals surface area contributed by atoms with Crippen molar-refractivity contribution in [3.63, 3.8) is 0 Å². The van der Waals surface area contributed by atoms with Gasteiger partial charge in [0.05, 0.1) is 22.3 Å². The first-order valence-corrected chi connectivity index (χ1v) is 13.1. The summed E-state index contributed by atoms with van der Waals surface area (Å²) in [7, 11) is 1.92. The minimum Gasteiger partial charge on any atom is -0.489 e. The molecule has 0 saturated heterocycles. The van der Waals surface area contributed by atoms with Crippen molar-refractivity contribution in [2.45, 2.75) is 6.61 Å². The Balaban J connectivity index is 1.41. The van der Waals surface area contributed by atoms with E-state index in [1.165, 1.54) is 0 Å². The van der Waals surface area contributed by atoms with Crippen LogP contribution < -0.4 is 4.74 Å². The molecule has 6 aromatic rings. The van der Waals surface area contributed by atoms with Crippen LogP contribution in [-0.2, 0) is 13.7 Å². The van der Waals surface area contributed by atoms with Crippen molar-refractivity contribution in [2.75, 3.05) is 0 Å². The van der Waals surface area contributed by atoms with Gasteiger partial charge in [-0.2, -0.15) is 10.4 Å². The Morgan fingerprint density at radius 2 is 1.73 bits per heavy atom. The van der Waals surface area contributed by atoms with Crippen LogP contribution >= 0.6 is 11.6 Å². The minimum atomic E-state index is 0.414. The van der Waals surface area contributed by atoms with Gasteiger partial charge in [0.2, 0.25) is 0 Å². The fraction of sp³-hybridized carbons (Fsp3) is 0.0606. The fourth-order valence-corrected chi connectivity index (χ4v) is 4.73. The van der Waals surface area contributed by atoms with Crippen molar-refractivity contribution in [3.05, 3.63) is 131 Å². The van der Waals surface area contributed by atoms with Gasteiger partial charge in [-0.3, -0.25) is 0 Å². The number of para-hydroxylation sites is 3. The lowest BCUT2D eigenvalue weighted by Crippen LogP contribution is -1.96. The largest absolute Gasteiger partial charge is 0.489 e. The van der Waals surface area contributed by atoms with Gasteiger partial charge in [0.25, 0.3) is 0 Å². The molecule has 0 spiro atoms. The van der Waals surface area contributed by atoms with E-state index in [9.17, 15) is 5.26 Å². The Morgan fingerprint density at radius 1 is 0.950 bits per heavy atom. The summed E-state index contributed by atoms with van der Waals surface area (Å²) in [6.07, 6.45) is 3.79. The molecule has 0 aliphatic carbocycles. The third kappa shape index (κ3) is 5.11. The zero-order valence-electron chi connectivity index (χ0n) is 21.7. The fourth-order valence-electron chi connectivity index (χ4n) is 4.60. The van der Waals surface area contributed by atoms with E-state index < -0.39 is 0 Å². The SMILES string of the molecule is Cn1c(C(C#N)=Cc2cn(-c3ccccc3)nc2-c2cccc(OCc3ccc(Cl)cc3)c2)nc2ccccc21. The Hall–Kier alpha value is -5.12. The number of imidazole rings is 1. The molecule has 0 unspecified atom stereocenters. The molecule has 40 heavy (non-hydrogen) atoms. The molecule has 194 valence electrons. The van der Waals surface area contributed by atoms with E-state index >= 15 is 0 Å². The number of nitriles is 1. The second kappa shape index (κ2) is 10.9. The zero-order chi connectivity index (χ0) is 27.5. The molecule has 2 aromatic heterocycles. The van der Waals surface area contributed by atoms with Gasteiger partial charge in [0.15, 0.2) is 5.82 Å². The molecule has 0 amide bonds. The summed E-state index contributed by atoms with van der Waals surface area (Å²) in [6.45, 7) is 0.414. The van der Waals surface area contributed by atoms with Crippen LogP contribution in [0.5, 0.6) is 5.75 Å². The Kier molecular flexibility index (Phi) is 6.88. The average molecular weight is 542 g/mol. The molecule has 4 aromatic carbocycles. The van der Waals surface area contributed by atoms with Crippen LogP contribution in [0.2, 0.25) is 5.02 Å². The number of benzene rings is 4. The standard InChI is InChI=1S/C33H24ClN5O/c1-38-31-13-6-5-12-30(31)36-33(38)25(20-35)18-26-21-39(28-9-3-2-4-10-28)37-32(26)24-8-7-11-29(19-24)40-22-23-14-16-27(34)17-15-23/h2-19,21H,22H2,1H3. The molecule has 0 aliphatic heterocycles. The van der Waals surface area contributed by atoms with Crippen LogP contribution in [0.25, 0.3) is 39.6 Å². The van der Waals surface area contributed by atoms with E-state index in [0.717, 1.165) is 39.1 Å². The monoisotopic (exact) mass is 541 g/mol. The minimum absolute atomic E-state index is 0.414. The molecule has 2 heterocycles. The number of ether oxygens (including phenoxy) is 1. The van der Waals surface area contributed by atoms with Crippen LogP contribution in [0.15, 0.2) is 109 Å². The lowest BCUT2D eigenvalue weighted by molar-refractivity contribution is 0.306. The van der Waals surface area contributed by atoms with Crippen LogP contribution in [0.3, 0.4) is 0 Å². The lowest BCUT2D eigenvalue weighted by atomic mass is 10.1. The normalized spacial score (nSPS) is 11.5. The first kappa shape index (κ1) is 25.2. The van der Waals surface area contributed by atoms with Gasteiger partial charge in [-0.15, -0.1) is 0 Å². The molecule has 0 radical (unpaired) electrons. The maximum absolute atomic E-state index is 10.2. The third-order valence-electron chi connectivity index (χ3n) is 6.64. The summed E-state index contributed by atoms with van der Waals surface area (Å²) < 4.78 is 9.85. The molecule has 6 nitrogen and oxygen atoms in total. The predicted molar refractivity (Wildman–Crippen MR) is 159 cm³/mol. The van der Waals surface area contributed by atoms with Crippen molar-refractivity contribution in [3.8, 4) is 28.8 Å². The highest BCUT2D eigenvalue weighted by atomic mass is 35.5. The van der Waals surface area contributed by atoms with E-state index in [1.807, 2.05) is 132 Å². The highest BCUT2D eigenvalue weighted by Gasteiger charge is 2.16. The van der Waals surface area contributed by atoms with Crippen molar-refractivity contribution in [1.82, 2.24) is 19.3 Å². The van der Waals surface area contributed by atoms with E-state index in [1.54, 1.807) is 0 Å². The van der Waals surface area contributed by atoms with Gasteiger partial charge in [-0.25, -0.2) is 9.67 Å². The summed E-state index contributed by atoms with van der Waals surface area (Å²) in [6, 6.07) is 35.5. The van der Waals surface area contributed by atoms with E-state index in [2.05, 4.69) is 6.07 Å². The molecule has 0 saturated carbocycles. The molecule has 0 N–H and O–H groups in total. The number of aromatic nitrogens is 4. The summed E-state index contributed by atoms with van der Waals surface area (Å²) >= 11 is 6.01. The zero-order valence-corrected chi connectivity index (χ0v) is 22.5.